The van der Waals surface area contributed by atoms with Crippen molar-refractivity contribution in [2.24, 2.45) is 11.8 Å². The van der Waals surface area contributed by atoms with E-state index in [1.54, 1.807) is 0 Å². The van der Waals surface area contributed by atoms with Gasteiger partial charge < -0.3 is 19.1 Å². The molecule has 0 radical (unpaired) electrons. The highest BCUT2D eigenvalue weighted by Crippen LogP contribution is 2.41. The minimum atomic E-state index is -2.70. The van der Waals surface area contributed by atoms with Crippen molar-refractivity contribution in [3.63, 3.8) is 0 Å². The van der Waals surface area contributed by atoms with Crippen molar-refractivity contribution in [2.45, 2.75) is 90.6 Å². The molecule has 6 heteroatoms. The Morgan fingerprint density at radius 2 is 1.41 bits per heavy atom. The van der Waals surface area contributed by atoms with E-state index in [2.05, 4.69) is 141 Å². The van der Waals surface area contributed by atoms with E-state index in [0.717, 1.165) is 5.57 Å². The van der Waals surface area contributed by atoms with Crippen LogP contribution in [-0.2, 0) is 8.85 Å². The number of rotatable bonds is 10. The van der Waals surface area contributed by atoms with E-state index in [9.17, 15) is 10.2 Å². The van der Waals surface area contributed by atoms with E-state index in [4.69, 9.17) is 8.85 Å². The second-order valence-corrected chi connectivity index (χ2v) is 23.8. The fraction of sp³-hybridized carbons (Fsp3) is 0.543. The third-order valence-corrected chi connectivity index (χ3v) is 18.8. The largest absolute Gasteiger partial charge is 0.413 e. The molecule has 0 aromatic heterocycles. The van der Waals surface area contributed by atoms with E-state index in [-0.39, 0.29) is 28.5 Å². The first-order valence-corrected chi connectivity index (χ1v) is 19.9. The second-order valence-electron chi connectivity index (χ2n) is 14.6. The fourth-order valence-corrected chi connectivity index (χ4v) is 11.3. The Hall–Kier alpha value is -1.81. The van der Waals surface area contributed by atoms with Gasteiger partial charge in [-0.3, -0.25) is 0 Å². The molecule has 1 aliphatic rings. The Kier molecular flexibility index (Phi) is 10.5. The van der Waals surface area contributed by atoms with Gasteiger partial charge in [-0.1, -0.05) is 127 Å². The maximum atomic E-state index is 11.5. The summed E-state index contributed by atoms with van der Waals surface area (Å²) in [6, 6.07) is 21.4. The van der Waals surface area contributed by atoms with Crippen LogP contribution in [0.1, 0.15) is 61.8 Å². The summed E-state index contributed by atoms with van der Waals surface area (Å²) in [4.78, 5) is 0. The highest BCUT2D eigenvalue weighted by molar-refractivity contribution is 6.99. The first kappa shape index (κ1) is 33.7. The smallest absolute Gasteiger partial charge is 0.261 e. The molecule has 3 atom stereocenters. The van der Waals surface area contributed by atoms with E-state index in [0.29, 0.717) is 19.6 Å². The van der Waals surface area contributed by atoms with Gasteiger partial charge in [0.2, 0.25) is 0 Å². The molecular formula is C35H54O4Si2. The van der Waals surface area contributed by atoms with E-state index >= 15 is 0 Å². The number of hydrogen-bond donors (Lipinski definition) is 2. The quantitative estimate of drug-likeness (QED) is 0.234. The first-order valence-electron chi connectivity index (χ1n) is 15.1. The molecule has 2 N–H and O–H groups in total. The Balaban J connectivity index is 1.98. The monoisotopic (exact) mass is 594 g/mol. The summed E-state index contributed by atoms with van der Waals surface area (Å²) in [5.41, 5.74) is 1.04. The van der Waals surface area contributed by atoms with Crippen LogP contribution >= 0.6 is 0 Å². The molecule has 0 saturated heterocycles. The third-order valence-electron chi connectivity index (χ3n) is 9.38. The van der Waals surface area contributed by atoms with Gasteiger partial charge in [0.1, 0.15) is 0 Å². The maximum Gasteiger partial charge on any atom is 0.261 e. The van der Waals surface area contributed by atoms with Crippen LogP contribution in [0.2, 0.25) is 23.2 Å². The maximum absolute atomic E-state index is 11.5. The summed E-state index contributed by atoms with van der Waals surface area (Å²) in [6.07, 6.45) is 4.73. The zero-order valence-electron chi connectivity index (χ0n) is 27.1. The number of aliphatic hydroxyl groups is 2. The minimum Gasteiger partial charge on any atom is -0.413 e. The van der Waals surface area contributed by atoms with E-state index < -0.39 is 22.2 Å². The fourth-order valence-electron chi connectivity index (χ4n) is 5.73. The molecule has 4 nitrogen and oxygen atoms in total. The predicted molar refractivity (Wildman–Crippen MR) is 178 cm³/mol. The molecule has 0 saturated carbocycles. The molecule has 2 aromatic rings. The predicted octanol–water partition coefficient (Wildman–Crippen LogP) is 6.84. The standard InChI is InChI=1S/C35H54O4Si2/c1-27(24-38-40(9,10)33(3,4)5)21-30-22-29(28(2)23-35(30,37)26-36)25-39-41(34(6,7)8,31-17-13-11-14-18-31)32-19-15-12-16-20-32/h11-22,28,30,36-37H,23-26H2,1-10H3/b27-21+/t28-,30-,35-/m1/s1. The molecule has 0 bridgehead atoms. The number of hydrogen-bond acceptors (Lipinski definition) is 4. The average Bonchev–Trinajstić information content (AvgIpc) is 2.90. The Labute approximate surface area is 251 Å². The lowest BCUT2D eigenvalue weighted by atomic mass is 9.72. The van der Waals surface area contributed by atoms with Crippen molar-refractivity contribution < 1.29 is 19.1 Å². The summed E-state index contributed by atoms with van der Waals surface area (Å²) in [5, 5.41) is 24.4. The average molecular weight is 595 g/mol. The first-order chi connectivity index (χ1) is 19.0. The van der Waals surface area contributed by atoms with Crippen LogP contribution in [0.25, 0.3) is 0 Å². The molecule has 2 aromatic carbocycles. The Morgan fingerprint density at radius 3 is 1.85 bits per heavy atom. The van der Waals surface area contributed by atoms with Crippen LogP contribution in [-0.4, -0.2) is 52.3 Å². The number of aliphatic hydroxyl groups excluding tert-OH is 1. The van der Waals surface area contributed by atoms with Crippen LogP contribution in [0.5, 0.6) is 0 Å². The molecule has 0 aliphatic heterocycles. The van der Waals surface area contributed by atoms with Crippen molar-refractivity contribution in [1.82, 2.24) is 0 Å². The van der Waals surface area contributed by atoms with Crippen LogP contribution in [0.3, 0.4) is 0 Å². The Bertz CT molecular complexity index is 1150. The molecule has 0 fully saturated rings. The second kappa shape index (κ2) is 12.8. The molecule has 3 rings (SSSR count). The summed E-state index contributed by atoms with van der Waals surface area (Å²) >= 11 is 0. The summed E-state index contributed by atoms with van der Waals surface area (Å²) < 4.78 is 13.7. The summed E-state index contributed by atoms with van der Waals surface area (Å²) in [7, 11) is -4.60. The molecule has 1 aliphatic carbocycles. The van der Waals surface area contributed by atoms with Gasteiger partial charge in [-0.25, -0.2) is 0 Å². The minimum absolute atomic E-state index is 0.0822. The lowest BCUT2D eigenvalue weighted by Gasteiger charge is -2.45. The van der Waals surface area contributed by atoms with Crippen molar-refractivity contribution in [3.8, 4) is 0 Å². The molecule has 0 spiro atoms. The van der Waals surface area contributed by atoms with Gasteiger partial charge in [-0.15, -0.1) is 0 Å². The van der Waals surface area contributed by atoms with Crippen molar-refractivity contribution >= 4 is 27.0 Å². The van der Waals surface area contributed by atoms with Gasteiger partial charge >= 0.3 is 0 Å². The van der Waals surface area contributed by atoms with Gasteiger partial charge in [0.15, 0.2) is 8.32 Å². The molecule has 226 valence electrons. The van der Waals surface area contributed by atoms with Crippen molar-refractivity contribution in [3.05, 3.63) is 84.0 Å². The van der Waals surface area contributed by atoms with Gasteiger partial charge in [0.25, 0.3) is 8.32 Å². The molecule has 0 heterocycles. The normalized spacial score (nSPS) is 22.9. The molecule has 41 heavy (non-hydrogen) atoms. The zero-order valence-corrected chi connectivity index (χ0v) is 29.1. The van der Waals surface area contributed by atoms with Crippen LogP contribution in [0.4, 0.5) is 0 Å². The summed E-state index contributed by atoms with van der Waals surface area (Å²) in [5.74, 6) is -0.233. The van der Waals surface area contributed by atoms with E-state index in [1.807, 2.05) is 0 Å². The highest BCUT2D eigenvalue weighted by Gasteiger charge is 2.51. The van der Waals surface area contributed by atoms with Gasteiger partial charge in [-0.2, -0.15) is 0 Å². The summed E-state index contributed by atoms with van der Waals surface area (Å²) in [6.45, 7) is 23.0. The van der Waals surface area contributed by atoms with Crippen LogP contribution < -0.4 is 10.4 Å². The molecule has 0 unspecified atom stereocenters. The Morgan fingerprint density at radius 1 is 0.902 bits per heavy atom. The molecule has 0 amide bonds. The number of benzene rings is 2. The topological polar surface area (TPSA) is 58.9 Å². The lowest BCUT2D eigenvalue weighted by molar-refractivity contribution is -0.0549. The third kappa shape index (κ3) is 7.41. The SMILES string of the molecule is C/C(=C\[C@@H]1C=C(CO[Si](c2ccccc2)(c2ccccc2)C(C)(C)C)[C@H](C)C[C@@]1(O)CO)CO[Si](C)(C)C(C)(C)C. The van der Waals surface area contributed by atoms with Gasteiger partial charge in [0, 0.05) is 5.92 Å². The van der Waals surface area contributed by atoms with E-state index in [1.165, 1.54) is 15.9 Å². The zero-order chi connectivity index (χ0) is 30.7. The molecular weight excluding hydrogens is 541 g/mol. The van der Waals surface area contributed by atoms with Crippen molar-refractivity contribution in [1.29, 1.82) is 0 Å². The van der Waals surface area contributed by atoms with Crippen molar-refractivity contribution in [2.75, 3.05) is 19.8 Å². The van der Waals surface area contributed by atoms with Gasteiger partial charge in [0.05, 0.1) is 25.4 Å². The van der Waals surface area contributed by atoms with Crippen LogP contribution in [0.15, 0.2) is 84.0 Å². The highest BCUT2D eigenvalue weighted by atomic mass is 28.4. The van der Waals surface area contributed by atoms with Crippen LogP contribution in [0, 0.1) is 11.8 Å². The van der Waals surface area contributed by atoms with Gasteiger partial charge in [-0.05, 0) is 58.4 Å². The lowest BCUT2D eigenvalue weighted by Crippen LogP contribution is -2.66.